The van der Waals surface area contributed by atoms with Gasteiger partial charge in [0.1, 0.15) is 0 Å². The smallest absolute Gasteiger partial charge is 0.0762 e. The van der Waals surface area contributed by atoms with Crippen molar-refractivity contribution in [1.82, 2.24) is 4.98 Å². The Morgan fingerprint density at radius 1 is 1.29 bits per heavy atom. The van der Waals surface area contributed by atoms with Gasteiger partial charge in [-0.15, -0.1) is 0 Å². The van der Waals surface area contributed by atoms with Crippen LogP contribution in [-0.2, 0) is 0 Å². The molecule has 2 N–H and O–H groups in total. The number of hydrogen-bond acceptors (Lipinski definition) is 1. The maximum Gasteiger partial charge on any atom is 0.0762 e. The van der Waals surface area contributed by atoms with Crippen molar-refractivity contribution >= 4 is 10.9 Å². The summed E-state index contributed by atoms with van der Waals surface area (Å²) in [4.78, 5) is 3.31. The lowest BCUT2D eigenvalue weighted by molar-refractivity contribution is 0.199. The van der Waals surface area contributed by atoms with Crippen LogP contribution >= 0.6 is 0 Å². The second kappa shape index (κ2) is 3.14. The highest BCUT2D eigenvalue weighted by molar-refractivity contribution is 5.84. The number of hydrogen-bond donors (Lipinski definition) is 2. The molecule has 0 bridgehead atoms. The van der Waals surface area contributed by atoms with E-state index in [-0.39, 0.29) is 0 Å². The summed E-state index contributed by atoms with van der Waals surface area (Å²) in [5.41, 5.74) is 4.55. The van der Waals surface area contributed by atoms with E-state index in [9.17, 15) is 5.11 Å². The Labute approximate surface area is 83.6 Å². The summed E-state index contributed by atoms with van der Waals surface area (Å²) in [5.74, 6) is 0. The van der Waals surface area contributed by atoms with Crippen LogP contribution in [0.1, 0.15) is 29.8 Å². The molecule has 0 aliphatic heterocycles. The van der Waals surface area contributed by atoms with Gasteiger partial charge in [-0.2, -0.15) is 0 Å². The molecular weight excluding hydrogens is 174 g/mol. The number of fused-ring (bicyclic) bond motifs is 1. The average Bonchev–Trinajstić information content (AvgIpc) is 2.42. The number of aliphatic hydroxyl groups is 1. The number of H-pyrrole nitrogens is 1. The van der Waals surface area contributed by atoms with Gasteiger partial charge in [-0.3, -0.25) is 0 Å². The van der Waals surface area contributed by atoms with Crippen LogP contribution in [0.2, 0.25) is 0 Å². The molecule has 74 valence electrons. The Balaban J connectivity index is 2.67. The molecule has 1 heterocycles. The number of benzene rings is 1. The molecule has 1 aromatic carbocycles. The van der Waals surface area contributed by atoms with Gasteiger partial charge in [0.25, 0.3) is 0 Å². The molecule has 14 heavy (non-hydrogen) atoms. The van der Waals surface area contributed by atoms with Gasteiger partial charge in [0, 0.05) is 16.6 Å². The predicted molar refractivity (Wildman–Crippen MR) is 58.4 cm³/mol. The molecule has 0 aliphatic rings. The second-order valence-corrected chi connectivity index (χ2v) is 3.86. The number of nitrogens with one attached hydrogen (secondary N) is 1. The van der Waals surface area contributed by atoms with Crippen LogP contribution in [0.3, 0.4) is 0 Å². The van der Waals surface area contributed by atoms with E-state index in [0.717, 1.165) is 11.1 Å². The standard InChI is InChI=1S/C12H15NO/c1-7-8(2)13-12-6-10(9(3)14)4-5-11(7)12/h4-6,9,13-14H,1-3H3. The minimum absolute atomic E-state index is 0.400. The highest BCUT2D eigenvalue weighted by Gasteiger charge is 2.06. The summed E-state index contributed by atoms with van der Waals surface area (Å²) in [6, 6.07) is 6.06. The van der Waals surface area contributed by atoms with Crippen LogP contribution in [0.15, 0.2) is 18.2 Å². The molecule has 0 saturated heterocycles. The molecule has 2 nitrogen and oxygen atoms in total. The first-order chi connectivity index (χ1) is 6.59. The van der Waals surface area contributed by atoms with Crippen molar-refractivity contribution in [3.8, 4) is 0 Å². The van der Waals surface area contributed by atoms with Gasteiger partial charge in [-0.05, 0) is 38.0 Å². The van der Waals surface area contributed by atoms with Gasteiger partial charge >= 0.3 is 0 Å². The number of aromatic amines is 1. The highest BCUT2D eigenvalue weighted by atomic mass is 16.3. The van der Waals surface area contributed by atoms with Crippen molar-refractivity contribution < 1.29 is 5.11 Å². The molecule has 1 atom stereocenters. The Morgan fingerprint density at radius 2 is 2.00 bits per heavy atom. The third-order valence-corrected chi connectivity index (χ3v) is 2.81. The Bertz CT molecular complexity index is 468. The summed E-state index contributed by atoms with van der Waals surface area (Å²) in [6.45, 7) is 5.96. The SMILES string of the molecule is Cc1[nH]c2cc(C(C)O)ccc2c1C. The molecule has 0 radical (unpaired) electrons. The van der Waals surface area contributed by atoms with Crippen molar-refractivity contribution in [2.24, 2.45) is 0 Å². The van der Waals surface area contributed by atoms with E-state index in [2.05, 4.69) is 24.9 Å². The topological polar surface area (TPSA) is 36.0 Å². The minimum atomic E-state index is -0.400. The van der Waals surface area contributed by atoms with Gasteiger partial charge in [-0.1, -0.05) is 12.1 Å². The molecule has 0 fully saturated rings. The normalized spacial score (nSPS) is 13.4. The van der Waals surface area contributed by atoms with Crippen LogP contribution in [0, 0.1) is 13.8 Å². The Morgan fingerprint density at radius 3 is 2.64 bits per heavy atom. The second-order valence-electron chi connectivity index (χ2n) is 3.86. The summed E-state index contributed by atoms with van der Waals surface area (Å²) in [5, 5.41) is 10.7. The van der Waals surface area contributed by atoms with E-state index >= 15 is 0 Å². The highest BCUT2D eigenvalue weighted by Crippen LogP contribution is 2.24. The molecule has 1 unspecified atom stereocenters. The lowest BCUT2D eigenvalue weighted by Gasteiger charge is -2.03. The van der Waals surface area contributed by atoms with Crippen molar-refractivity contribution in [1.29, 1.82) is 0 Å². The van der Waals surface area contributed by atoms with Crippen LogP contribution in [0.25, 0.3) is 10.9 Å². The monoisotopic (exact) mass is 189 g/mol. The van der Waals surface area contributed by atoms with Gasteiger partial charge in [0.05, 0.1) is 6.10 Å². The fourth-order valence-electron chi connectivity index (χ4n) is 1.75. The van der Waals surface area contributed by atoms with Gasteiger partial charge in [0.2, 0.25) is 0 Å². The Kier molecular flexibility index (Phi) is 2.08. The quantitative estimate of drug-likeness (QED) is 0.711. The molecule has 0 saturated carbocycles. The lowest BCUT2D eigenvalue weighted by Crippen LogP contribution is -1.89. The summed E-state index contributed by atoms with van der Waals surface area (Å²) in [7, 11) is 0. The maximum atomic E-state index is 9.45. The largest absolute Gasteiger partial charge is 0.389 e. The fraction of sp³-hybridized carbons (Fsp3) is 0.333. The summed E-state index contributed by atoms with van der Waals surface area (Å²) >= 11 is 0. The van der Waals surface area contributed by atoms with Crippen molar-refractivity contribution in [3.63, 3.8) is 0 Å². The average molecular weight is 189 g/mol. The Hall–Kier alpha value is -1.28. The van der Waals surface area contributed by atoms with Crippen LogP contribution in [-0.4, -0.2) is 10.1 Å². The fourth-order valence-corrected chi connectivity index (χ4v) is 1.75. The molecule has 1 aromatic heterocycles. The molecule has 0 aliphatic carbocycles. The molecular formula is C12H15NO. The number of aryl methyl sites for hydroxylation is 2. The van der Waals surface area contributed by atoms with Crippen LogP contribution in [0.4, 0.5) is 0 Å². The zero-order valence-corrected chi connectivity index (χ0v) is 8.76. The van der Waals surface area contributed by atoms with Crippen molar-refractivity contribution in [3.05, 3.63) is 35.0 Å². The molecule has 2 aromatic rings. The van der Waals surface area contributed by atoms with Crippen molar-refractivity contribution in [2.75, 3.05) is 0 Å². The molecule has 0 spiro atoms. The third-order valence-electron chi connectivity index (χ3n) is 2.81. The van der Waals surface area contributed by atoms with Crippen LogP contribution < -0.4 is 0 Å². The zero-order valence-electron chi connectivity index (χ0n) is 8.76. The van der Waals surface area contributed by atoms with Gasteiger partial charge in [-0.25, -0.2) is 0 Å². The van der Waals surface area contributed by atoms with E-state index in [4.69, 9.17) is 0 Å². The van der Waals surface area contributed by atoms with Gasteiger partial charge in [0.15, 0.2) is 0 Å². The lowest BCUT2D eigenvalue weighted by atomic mass is 10.1. The molecule has 2 rings (SSSR count). The number of aromatic nitrogens is 1. The summed E-state index contributed by atoms with van der Waals surface area (Å²) in [6.07, 6.45) is -0.400. The first kappa shape index (κ1) is 9.28. The van der Waals surface area contributed by atoms with E-state index in [1.54, 1.807) is 6.92 Å². The van der Waals surface area contributed by atoms with Crippen molar-refractivity contribution in [2.45, 2.75) is 26.9 Å². The van der Waals surface area contributed by atoms with E-state index in [1.165, 1.54) is 16.6 Å². The first-order valence-electron chi connectivity index (χ1n) is 4.86. The number of aliphatic hydroxyl groups excluding tert-OH is 1. The zero-order chi connectivity index (χ0) is 10.3. The van der Waals surface area contributed by atoms with E-state index in [1.807, 2.05) is 12.1 Å². The molecule has 2 heteroatoms. The first-order valence-corrected chi connectivity index (χ1v) is 4.86. The maximum absolute atomic E-state index is 9.45. The van der Waals surface area contributed by atoms with Gasteiger partial charge < -0.3 is 10.1 Å². The predicted octanol–water partition coefficient (Wildman–Crippen LogP) is 2.84. The number of rotatable bonds is 1. The summed E-state index contributed by atoms with van der Waals surface area (Å²) < 4.78 is 0. The van der Waals surface area contributed by atoms with Crippen LogP contribution in [0.5, 0.6) is 0 Å². The molecule has 0 amide bonds. The van der Waals surface area contributed by atoms with E-state index in [0.29, 0.717) is 0 Å². The van der Waals surface area contributed by atoms with E-state index < -0.39 is 6.10 Å². The minimum Gasteiger partial charge on any atom is -0.389 e. The third kappa shape index (κ3) is 1.32.